The molecule has 0 aliphatic heterocycles. The first-order valence-corrected chi connectivity index (χ1v) is 26.9. The minimum atomic E-state index is -5.36. The van der Waals surface area contributed by atoms with E-state index >= 15 is 0 Å². The highest BCUT2D eigenvalue weighted by molar-refractivity contribution is 7.47. The number of unbranched alkanes of at least 4 members (excludes halogenated alkanes) is 22. The molecule has 1 fully saturated rings. The number of esters is 2. The number of carbonyl (C=O) groups is 2. The molecule has 1 saturated carbocycles. The maximum absolute atomic E-state index is 13.0. The normalized spacial score (nSPS) is 22.1. The van der Waals surface area contributed by atoms with Crippen LogP contribution in [0.5, 0.6) is 0 Å². The zero-order valence-corrected chi connectivity index (χ0v) is 40.1. The summed E-state index contributed by atoms with van der Waals surface area (Å²) in [5.41, 5.74) is 0. The molecule has 7 N–H and O–H groups in total. The molecule has 1 aliphatic rings. The summed E-state index contributed by atoms with van der Waals surface area (Å²) in [6.45, 7) is 3.08. The Morgan fingerprint density at radius 3 is 1.30 bits per heavy atom. The van der Waals surface area contributed by atoms with Gasteiger partial charge in [-0.15, -0.1) is 0 Å². The molecule has 0 bridgehead atoms. The van der Waals surface area contributed by atoms with Crippen LogP contribution in [0.2, 0.25) is 0 Å². The minimum Gasteiger partial charge on any atom is -0.462 e. The molecule has 0 aromatic heterocycles. The van der Waals surface area contributed by atoms with Gasteiger partial charge in [0.25, 0.3) is 0 Å². The van der Waals surface area contributed by atoms with Crippen molar-refractivity contribution in [3.63, 3.8) is 0 Å². The maximum atomic E-state index is 13.0. The van der Waals surface area contributed by atoms with Gasteiger partial charge in [-0.3, -0.25) is 23.2 Å². The quantitative estimate of drug-likeness (QED) is 0.0131. The van der Waals surface area contributed by atoms with Gasteiger partial charge in [0.05, 0.1) is 6.61 Å². The molecule has 5 unspecified atom stereocenters. The Balaban J connectivity index is 2.59. The van der Waals surface area contributed by atoms with E-state index in [1.165, 1.54) is 51.4 Å². The number of aliphatic hydroxyl groups excluding tert-OH is 4. The number of hydrogen-bond donors (Lipinski definition) is 7. The first-order chi connectivity index (χ1) is 30.1. The summed E-state index contributed by atoms with van der Waals surface area (Å²) in [5, 5.41) is 41.2. The lowest BCUT2D eigenvalue weighted by Crippen LogP contribution is -2.64. The van der Waals surface area contributed by atoms with Crippen molar-refractivity contribution < 1.29 is 76.9 Å². The molecule has 0 saturated heterocycles. The van der Waals surface area contributed by atoms with Crippen molar-refractivity contribution in [1.82, 2.24) is 0 Å². The third-order valence-corrected chi connectivity index (χ3v) is 12.5. The fourth-order valence-corrected chi connectivity index (χ4v) is 8.79. The summed E-state index contributed by atoms with van der Waals surface area (Å²) in [5.74, 6) is -1.21. The zero-order chi connectivity index (χ0) is 46.8. The Hall–Kier alpha value is -1.52. The topological polar surface area (TPSA) is 256 Å². The van der Waals surface area contributed by atoms with E-state index in [-0.39, 0.29) is 12.8 Å². The van der Waals surface area contributed by atoms with Crippen molar-refractivity contribution in [1.29, 1.82) is 0 Å². The lowest BCUT2D eigenvalue weighted by Gasteiger charge is -2.43. The van der Waals surface area contributed by atoms with E-state index in [1.54, 1.807) is 0 Å². The number of rotatable bonds is 40. The van der Waals surface area contributed by atoms with Gasteiger partial charge in [-0.05, 0) is 64.2 Å². The molecule has 1 aliphatic carbocycles. The average molecular weight is 943 g/mol. The number of hydrogen-bond acceptors (Lipinski definition) is 13. The number of phosphoric acid groups is 2. The Bertz CT molecular complexity index is 1330. The van der Waals surface area contributed by atoms with Gasteiger partial charge in [-0.25, -0.2) is 9.13 Å². The Labute approximate surface area is 377 Å². The Morgan fingerprint density at radius 2 is 0.873 bits per heavy atom. The van der Waals surface area contributed by atoms with Gasteiger partial charge >= 0.3 is 27.6 Å². The first-order valence-electron chi connectivity index (χ1n) is 23.9. The van der Waals surface area contributed by atoms with E-state index in [2.05, 4.69) is 42.7 Å². The molecule has 0 radical (unpaired) electrons. The van der Waals surface area contributed by atoms with Crippen LogP contribution >= 0.6 is 15.6 Å². The second-order valence-corrected chi connectivity index (χ2v) is 19.4. The van der Waals surface area contributed by atoms with E-state index in [0.29, 0.717) is 12.8 Å². The van der Waals surface area contributed by atoms with Crippen LogP contribution in [0.15, 0.2) is 24.3 Å². The van der Waals surface area contributed by atoms with Crippen molar-refractivity contribution in [2.24, 2.45) is 0 Å². The molecule has 0 amide bonds. The highest BCUT2D eigenvalue weighted by Gasteiger charge is 2.54. The van der Waals surface area contributed by atoms with Crippen LogP contribution in [0, 0.1) is 0 Å². The molecular weight excluding hydrogens is 858 g/mol. The molecule has 16 nitrogen and oxygen atoms in total. The summed E-state index contributed by atoms with van der Waals surface area (Å²) in [4.78, 5) is 54.3. The molecule has 0 spiro atoms. The molecule has 63 heavy (non-hydrogen) atoms. The fraction of sp³-hybridized carbons (Fsp3) is 0.867. The van der Waals surface area contributed by atoms with Crippen LogP contribution in [-0.4, -0.2) is 103 Å². The van der Waals surface area contributed by atoms with Crippen molar-refractivity contribution in [3.05, 3.63) is 24.3 Å². The molecule has 0 heterocycles. The number of ether oxygens (including phenoxy) is 2. The monoisotopic (exact) mass is 943 g/mol. The molecule has 0 aromatic carbocycles. The van der Waals surface area contributed by atoms with E-state index in [0.717, 1.165) is 103 Å². The summed E-state index contributed by atoms with van der Waals surface area (Å²) >= 11 is 0. The Morgan fingerprint density at radius 1 is 0.492 bits per heavy atom. The smallest absolute Gasteiger partial charge is 0.462 e. The SMILES string of the molecule is CCCCCC/C=C\CCCCCCCCCC(=O)OC[C@H](COP(=O)(O)O[C@H]1C(O)C(O)C(O)[C@@H](OP(=O)(O)O)C1O)OC(=O)CCCCCCCCC/C=C\CCCCCC. The second-order valence-electron chi connectivity index (χ2n) is 16.8. The molecule has 1 rings (SSSR count). The van der Waals surface area contributed by atoms with Crippen molar-refractivity contribution in [2.45, 2.75) is 236 Å². The third kappa shape index (κ3) is 31.2. The number of allylic oxidation sites excluding steroid dienone is 4. The number of aliphatic hydroxyl groups is 4. The van der Waals surface area contributed by atoms with Crippen molar-refractivity contribution in [2.75, 3.05) is 13.2 Å². The maximum Gasteiger partial charge on any atom is 0.472 e. The average Bonchev–Trinajstić information content (AvgIpc) is 3.23. The number of phosphoric ester groups is 2. The Kier molecular flexibility index (Phi) is 34.5. The predicted molar refractivity (Wildman–Crippen MR) is 241 cm³/mol. The fourth-order valence-electron chi connectivity index (χ4n) is 7.25. The standard InChI is InChI=1S/C45H84O16P2/c1-3-5-7-9-11-13-15-17-19-21-23-25-27-29-31-33-38(46)57-35-37(59-39(47)34-32-30-28-26-24-22-20-18-16-14-12-10-8-6-4-2)36-58-63(55,56)61-45-42(50)40(48)41(49)44(43(45)51)60-62(52,53)54/h13-16,37,40-45,48-51H,3-12,17-36H2,1-2H3,(H,55,56)(H2,52,53,54)/b15-13-,16-14-/t37-,40?,41?,42?,43?,44-,45+/m1/s1. The van der Waals surface area contributed by atoms with Crippen LogP contribution in [0.1, 0.15) is 194 Å². The van der Waals surface area contributed by atoms with Gasteiger partial charge in [0.15, 0.2) is 6.10 Å². The minimum absolute atomic E-state index is 0.0399. The number of carbonyl (C=O) groups excluding carboxylic acids is 2. The van der Waals surface area contributed by atoms with Gasteiger partial charge in [0, 0.05) is 12.8 Å². The van der Waals surface area contributed by atoms with E-state index < -0.39 is 83.5 Å². The molecule has 18 heteroatoms. The largest absolute Gasteiger partial charge is 0.472 e. The van der Waals surface area contributed by atoms with E-state index in [1.807, 2.05) is 0 Å². The van der Waals surface area contributed by atoms with Crippen molar-refractivity contribution in [3.8, 4) is 0 Å². The first kappa shape index (κ1) is 59.5. The predicted octanol–water partition coefficient (Wildman–Crippen LogP) is 8.95. The summed E-state index contributed by atoms with van der Waals surface area (Å²) < 4.78 is 49.4. The molecular formula is C45H84O16P2. The molecule has 8 atom stereocenters. The lowest BCUT2D eigenvalue weighted by atomic mass is 9.85. The van der Waals surface area contributed by atoms with Crippen LogP contribution < -0.4 is 0 Å². The van der Waals surface area contributed by atoms with Gasteiger partial charge < -0.3 is 44.6 Å². The summed E-state index contributed by atoms with van der Waals surface area (Å²) in [6.07, 6.45) is 22.7. The molecule has 370 valence electrons. The molecule has 0 aromatic rings. The van der Waals surface area contributed by atoms with Crippen LogP contribution in [0.25, 0.3) is 0 Å². The van der Waals surface area contributed by atoms with Crippen LogP contribution in [-0.2, 0) is 41.8 Å². The van der Waals surface area contributed by atoms with Gasteiger partial charge in [0.1, 0.15) is 43.2 Å². The van der Waals surface area contributed by atoms with E-state index in [9.17, 15) is 44.0 Å². The third-order valence-electron chi connectivity index (χ3n) is 11.0. The van der Waals surface area contributed by atoms with Crippen LogP contribution in [0.4, 0.5) is 0 Å². The van der Waals surface area contributed by atoms with Crippen LogP contribution in [0.3, 0.4) is 0 Å². The van der Waals surface area contributed by atoms with Gasteiger partial charge in [-0.1, -0.05) is 141 Å². The van der Waals surface area contributed by atoms with E-state index in [4.69, 9.17) is 28.3 Å². The zero-order valence-electron chi connectivity index (χ0n) is 38.3. The summed E-state index contributed by atoms with van der Waals surface area (Å²) in [6, 6.07) is 0. The second kappa shape index (κ2) is 36.6. The highest BCUT2D eigenvalue weighted by atomic mass is 31.2. The lowest BCUT2D eigenvalue weighted by molar-refractivity contribution is -0.216. The summed E-state index contributed by atoms with van der Waals surface area (Å²) in [7, 11) is -10.7. The van der Waals surface area contributed by atoms with Crippen molar-refractivity contribution >= 4 is 27.6 Å². The van der Waals surface area contributed by atoms with Gasteiger partial charge in [-0.2, -0.15) is 0 Å². The van der Waals surface area contributed by atoms with Gasteiger partial charge in [0.2, 0.25) is 0 Å². The highest BCUT2D eigenvalue weighted by Crippen LogP contribution is 2.49.